The van der Waals surface area contributed by atoms with Crippen LogP contribution in [0.4, 0.5) is 0 Å². The highest BCUT2D eigenvalue weighted by atomic mass is 16.3. The molecule has 1 heterocycles. The zero-order valence-corrected chi connectivity index (χ0v) is 8.50. The van der Waals surface area contributed by atoms with Gasteiger partial charge in [0.15, 0.2) is 0 Å². The van der Waals surface area contributed by atoms with E-state index in [-0.39, 0.29) is 6.10 Å². The number of nitrogens with zero attached hydrogens (tertiary/aromatic N) is 3. The fourth-order valence-electron chi connectivity index (χ4n) is 2.38. The highest BCUT2D eigenvalue weighted by molar-refractivity contribution is 4.83. The molecular formula is C10H17N3O. The molecule has 3 atom stereocenters. The molecule has 0 spiro atoms. The smallest absolute Gasteiger partial charge is 0.137 e. The highest BCUT2D eigenvalue weighted by Crippen LogP contribution is 2.35. The van der Waals surface area contributed by atoms with Gasteiger partial charge in [0.25, 0.3) is 0 Å². The Bertz CT molecular complexity index is 273. The van der Waals surface area contributed by atoms with Crippen LogP contribution in [0.3, 0.4) is 0 Å². The van der Waals surface area contributed by atoms with Crippen molar-refractivity contribution in [3.63, 3.8) is 0 Å². The van der Waals surface area contributed by atoms with E-state index in [1.165, 1.54) is 0 Å². The summed E-state index contributed by atoms with van der Waals surface area (Å²) in [4.78, 5) is 3.96. The Morgan fingerprint density at radius 3 is 3.00 bits per heavy atom. The first-order valence-corrected chi connectivity index (χ1v) is 5.33. The Kier molecular flexibility index (Phi) is 2.82. The molecule has 0 radical (unpaired) electrons. The predicted octanol–water partition coefficient (Wildman–Crippen LogP) is 1.39. The summed E-state index contributed by atoms with van der Waals surface area (Å²) in [5, 5.41) is 13.8. The first kappa shape index (κ1) is 9.65. The Labute approximate surface area is 84.0 Å². The lowest BCUT2D eigenvalue weighted by molar-refractivity contribution is 0.0666. The number of aromatic nitrogens is 3. The average Bonchev–Trinajstić information content (AvgIpc) is 2.70. The van der Waals surface area contributed by atoms with E-state index in [2.05, 4.69) is 17.0 Å². The van der Waals surface area contributed by atoms with Crippen LogP contribution in [0, 0.1) is 5.92 Å². The molecule has 14 heavy (non-hydrogen) atoms. The van der Waals surface area contributed by atoms with Crippen molar-refractivity contribution >= 4 is 0 Å². The van der Waals surface area contributed by atoms with Crippen LogP contribution in [0.25, 0.3) is 0 Å². The van der Waals surface area contributed by atoms with Gasteiger partial charge < -0.3 is 5.11 Å². The molecule has 1 aromatic heterocycles. The molecule has 4 nitrogen and oxygen atoms in total. The number of hydrogen-bond donors (Lipinski definition) is 1. The summed E-state index contributed by atoms with van der Waals surface area (Å²) in [6.07, 6.45) is 7.16. The minimum absolute atomic E-state index is 0.160. The molecule has 2 rings (SSSR count). The Morgan fingerprint density at radius 2 is 2.36 bits per heavy atom. The molecule has 1 saturated carbocycles. The van der Waals surface area contributed by atoms with Gasteiger partial charge in [-0.05, 0) is 25.2 Å². The second-order valence-electron chi connectivity index (χ2n) is 4.08. The normalized spacial score (nSPS) is 33.1. The van der Waals surface area contributed by atoms with Crippen molar-refractivity contribution in [1.82, 2.24) is 14.8 Å². The quantitative estimate of drug-likeness (QED) is 0.775. The molecule has 1 fully saturated rings. The first-order chi connectivity index (χ1) is 6.81. The molecule has 1 aliphatic carbocycles. The van der Waals surface area contributed by atoms with E-state index in [0.29, 0.717) is 12.0 Å². The maximum atomic E-state index is 9.63. The molecule has 0 aliphatic heterocycles. The SMILES string of the molecule is CCC1CCC(O)CC1n1cncn1. The summed E-state index contributed by atoms with van der Waals surface area (Å²) in [7, 11) is 0. The second-order valence-corrected chi connectivity index (χ2v) is 4.08. The van der Waals surface area contributed by atoms with Crippen molar-refractivity contribution in [3.05, 3.63) is 12.7 Å². The minimum Gasteiger partial charge on any atom is -0.393 e. The van der Waals surface area contributed by atoms with E-state index in [1.807, 2.05) is 4.68 Å². The van der Waals surface area contributed by atoms with Crippen LogP contribution in [0.15, 0.2) is 12.7 Å². The van der Waals surface area contributed by atoms with Gasteiger partial charge in [-0.15, -0.1) is 0 Å². The van der Waals surface area contributed by atoms with Gasteiger partial charge in [-0.2, -0.15) is 5.10 Å². The van der Waals surface area contributed by atoms with E-state index >= 15 is 0 Å². The monoisotopic (exact) mass is 195 g/mol. The zero-order valence-electron chi connectivity index (χ0n) is 8.50. The van der Waals surface area contributed by atoms with Gasteiger partial charge >= 0.3 is 0 Å². The van der Waals surface area contributed by atoms with Gasteiger partial charge in [-0.25, -0.2) is 9.67 Å². The third kappa shape index (κ3) is 1.80. The summed E-state index contributed by atoms with van der Waals surface area (Å²) >= 11 is 0. The molecule has 0 aromatic carbocycles. The van der Waals surface area contributed by atoms with Gasteiger partial charge in [-0.3, -0.25) is 0 Å². The van der Waals surface area contributed by atoms with Crippen LogP contribution in [0.2, 0.25) is 0 Å². The molecule has 4 heteroatoms. The van der Waals surface area contributed by atoms with Crippen LogP contribution in [0.1, 0.15) is 38.6 Å². The maximum Gasteiger partial charge on any atom is 0.137 e. The Morgan fingerprint density at radius 1 is 1.50 bits per heavy atom. The van der Waals surface area contributed by atoms with Gasteiger partial charge in [0, 0.05) is 0 Å². The molecule has 0 saturated heterocycles. The van der Waals surface area contributed by atoms with Crippen molar-refractivity contribution < 1.29 is 5.11 Å². The van der Waals surface area contributed by atoms with Crippen LogP contribution < -0.4 is 0 Å². The largest absolute Gasteiger partial charge is 0.393 e. The first-order valence-electron chi connectivity index (χ1n) is 5.33. The van der Waals surface area contributed by atoms with Crippen molar-refractivity contribution in [3.8, 4) is 0 Å². The second kappa shape index (κ2) is 4.09. The van der Waals surface area contributed by atoms with E-state index in [9.17, 15) is 5.11 Å². The van der Waals surface area contributed by atoms with Gasteiger partial charge in [0.05, 0.1) is 12.1 Å². The van der Waals surface area contributed by atoms with Crippen molar-refractivity contribution in [2.24, 2.45) is 5.92 Å². The van der Waals surface area contributed by atoms with Crippen molar-refractivity contribution in [1.29, 1.82) is 0 Å². The van der Waals surface area contributed by atoms with E-state index < -0.39 is 0 Å². The molecule has 1 N–H and O–H groups in total. The number of rotatable bonds is 2. The number of aliphatic hydroxyl groups is 1. The van der Waals surface area contributed by atoms with Crippen LogP contribution in [-0.2, 0) is 0 Å². The zero-order chi connectivity index (χ0) is 9.97. The Hall–Kier alpha value is -0.900. The predicted molar refractivity (Wildman–Crippen MR) is 52.7 cm³/mol. The Balaban J connectivity index is 2.13. The lowest BCUT2D eigenvalue weighted by Gasteiger charge is -2.33. The van der Waals surface area contributed by atoms with Crippen molar-refractivity contribution in [2.75, 3.05) is 0 Å². The number of hydrogen-bond acceptors (Lipinski definition) is 3. The highest BCUT2D eigenvalue weighted by Gasteiger charge is 2.29. The van der Waals surface area contributed by atoms with E-state index in [0.717, 1.165) is 25.7 Å². The van der Waals surface area contributed by atoms with Gasteiger partial charge in [-0.1, -0.05) is 13.3 Å². The molecule has 3 unspecified atom stereocenters. The van der Waals surface area contributed by atoms with Gasteiger partial charge in [0.2, 0.25) is 0 Å². The lowest BCUT2D eigenvalue weighted by atomic mass is 9.81. The van der Waals surface area contributed by atoms with Crippen LogP contribution >= 0.6 is 0 Å². The fourth-order valence-corrected chi connectivity index (χ4v) is 2.38. The maximum absolute atomic E-state index is 9.63. The van der Waals surface area contributed by atoms with E-state index in [1.54, 1.807) is 12.7 Å². The summed E-state index contributed by atoms with van der Waals surface area (Å²) in [5.41, 5.74) is 0. The standard InChI is InChI=1S/C10H17N3O/c1-2-8-3-4-9(14)5-10(8)13-7-11-6-12-13/h6-10,14H,2-5H2,1H3. The molecule has 78 valence electrons. The summed E-state index contributed by atoms with van der Waals surface area (Å²) in [6.45, 7) is 2.20. The lowest BCUT2D eigenvalue weighted by Crippen LogP contribution is -2.30. The molecule has 0 amide bonds. The topological polar surface area (TPSA) is 50.9 Å². The summed E-state index contributed by atoms with van der Waals surface area (Å²) < 4.78 is 1.90. The third-order valence-electron chi connectivity index (χ3n) is 3.23. The fraction of sp³-hybridized carbons (Fsp3) is 0.800. The molecule has 0 bridgehead atoms. The van der Waals surface area contributed by atoms with Crippen molar-refractivity contribution in [2.45, 2.75) is 44.8 Å². The van der Waals surface area contributed by atoms with E-state index in [4.69, 9.17) is 0 Å². The summed E-state index contributed by atoms with van der Waals surface area (Å²) in [5.74, 6) is 0.639. The summed E-state index contributed by atoms with van der Waals surface area (Å²) in [6, 6.07) is 0.339. The molecule has 1 aliphatic rings. The molecular weight excluding hydrogens is 178 g/mol. The van der Waals surface area contributed by atoms with Gasteiger partial charge in [0.1, 0.15) is 12.7 Å². The average molecular weight is 195 g/mol. The third-order valence-corrected chi connectivity index (χ3v) is 3.23. The molecule has 1 aromatic rings. The minimum atomic E-state index is -0.160. The van der Waals surface area contributed by atoms with Crippen LogP contribution in [-0.4, -0.2) is 26.0 Å². The van der Waals surface area contributed by atoms with Crippen LogP contribution in [0.5, 0.6) is 0 Å². The number of aliphatic hydroxyl groups excluding tert-OH is 1.